The van der Waals surface area contributed by atoms with Gasteiger partial charge in [-0.1, -0.05) is 241 Å². The van der Waals surface area contributed by atoms with Crippen LogP contribution in [0.5, 0.6) is 0 Å². The molecule has 0 saturated heterocycles. The van der Waals surface area contributed by atoms with Crippen molar-refractivity contribution in [2.24, 2.45) is 10.8 Å². The van der Waals surface area contributed by atoms with E-state index in [1.54, 1.807) is 24.3 Å². The summed E-state index contributed by atoms with van der Waals surface area (Å²) in [5.74, 6) is -4.70. The van der Waals surface area contributed by atoms with Gasteiger partial charge in [0.1, 0.15) is 36.4 Å². The molecular formula is C68H116BN11O11. The Bertz CT molecular complexity index is 2270. The van der Waals surface area contributed by atoms with Crippen LogP contribution >= 0.6 is 0 Å². The third-order valence-electron chi connectivity index (χ3n) is 16.0. The van der Waals surface area contributed by atoms with Crippen molar-refractivity contribution in [2.75, 3.05) is 45.8 Å². The number of rotatable bonds is 57. The number of benzene rings is 2. The standard InChI is InChI=1S/C68H116BN11O11/c1-3-5-7-9-11-13-15-17-19-21-23-25-27-37-49-79(50-38-28-26-24-22-20-18-16-14-12-10-8-6-4-2)51-48-71-63(83)58(44-35-36-46-73-68(87)91-55-57-42-33-30-34-43-57)76-65(85)60(52-62(82)90-54-56-40-31-29-32-41-56)75-61(81)53-74-64(84)59(77-66(69)86)45-39-47-72-67(70)78-80(88)89/h29-34,40-43,58-60H,3-28,35-39,44-55,69H2,1-2H3,(H,71,83)(H,73,87)(H,74,84)(H,75,81)(H,76,85)(H,77,86)(H3,70,72,78). The number of unbranched alkanes of at least 4 members (excludes halogenated alkanes) is 27. The summed E-state index contributed by atoms with van der Waals surface area (Å²) < 4.78 is 10.9. The molecular weight excluding hydrogens is 1160 g/mol. The molecule has 0 aliphatic rings. The minimum atomic E-state index is -1.56. The molecule has 0 bridgehead atoms. The van der Waals surface area contributed by atoms with Gasteiger partial charge in [0, 0.05) is 26.2 Å². The number of guanidine groups is 1. The van der Waals surface area contributed by atoms with Gasteiger partial charge in [-0.3, -0.25) is 28.8 Å². The number of esters is 1. The number of nitrogens with one attached hydrogen (secondary N) is 7. The molecule has 512 valence electrons. The van der Waals surface area contributed by atoms with Crippen LogP contribution in [0.15, 0.2) is 65.8 Å². The first-order valence-corrected chi connectivity index (χ1v) is 34.7. The van der Waals surface area contributed by atoms with E-state index in [1.165, 1.54) is 162 Å². The largest absolute Gasteiger partial charge is 0.461 e. The van der Waals surface area contributed by atoms with E-state index in [0.717, 1.165) is 44.3 Å². The maximum Gasteiger partial charge on any atom is 0.407 e. The predicted octanol–water partition coefficient (Wildman–Crippen LogP) is 10.3. The molecule has 2 aromatic rings. The Balaban J connectivity index is 2.20. The van der Waals surface area contributed by atoms with Gasteiger partial charge in [-0.2, -0.15) is 0 Å². The second-order valence-electron chi connectivity index (χ2n) is 24.1. The lowest BCUT2D eigenvalue weighted by Gasteiger charge is -2.25. The highest BCUT2D eigenvalue weighted by Gasteiger charge is 2.30. The lowest BCUT2D eigenvalue weighted by Crippen LogP contribution is -2.56. The summed E-state index contributed by atoms with van der Waals surface area (Å²) in [6.45, 7) is 6.91. The molecule has 2 aromatic carbocycles. The van der Waals surface area contributed by atoms with Crippen molar-refractivity contribution < 1.29 is 48.1 Å². The fourth-order valence-electron chi connectivity index (χ4n) is 10.7. The van der Waals surface area contributed by atoms with E-state index < -0.39 is 83.6 Å². The summed E-state index contributed by atoms with van der Waals surface area (Å²) in [7, 11) is 1.21. The summed E-state index contributed by atoms with van der Waals surface area (Å²) in [4.78, 5) is 107. The molecule has 2 rings (SSSR count). The number of amides is 6. The number of nitrogens with two attached hydrogens (primary N) is 1. The van der Waals surface area contributed by atoms with E-state index in [4.69, 9.17) is 15.2 Å². The van der Waals surface area contributed by atoms with Crippen LogP contribution in [0.3, 0.4) is 0 Å². The van der Waals surface area contributed by atoms with Crippen molar-refractivity contribution in [3.8, 4) is 0 Å². The molecule has 0 spiro atoms. The molecule has 91 heavy (non-hydrogen) atoms. The van der Waals surface area contributed by atoms with Crippen LogP contribution in [0, 0.1) is 10.1 Å². The quantitative estimate of drug-likeness (QED) is 0.00581. The summed E-state index contributed by atoms with van der Waals surface area (Å²) in [5.41, 5.74) is 7.01. The van der Waals surface area contributed by atoms with Crippen molar-refractivity contribution in [1.82, 2.24) is 42.1 Å². The van der Waals surface area contributed by atoms with E-state index in [-0.39, 0.29) is 45.6 Å². The molecule has 0 aliphatic carbocycles. The molecule has 9 N–H and O–H groups in total. The van der Waals surface area contributed by atoms with Gasteiger partial charge in [-0.05, 0) is 69.2 Å². The molecule has 0 aromatic heterocycles. The van der Waals surface area contributed by atoms with Crippen LogP contribution in [-0.4, -0.2) is 129 Å². The van der Waals surface area contributed by atoms with E-state index >= 15 is 0 Å². The van der Waals surface area contributed by atoms with Gasteiger partial charge in [0.05, 0.1) is 13.0 Å². The Kier molecular flexibility index (Phi) is 48.5. The zero-order valence-electron chi connectivity index (χ0n) is 55.8. The lowest BCUT2D eigenvalue weighted by atomic mass is 10.0. The molecule has 23 heteroatoms. The van der Waals surface area contributed by atoms with E-state index in [9.17, 15) is 43.7 Å². The van der Waals surface area contributed by atoms with E-state index in [1.807, 2.05) is 36.4 Å². The van der Waals surface area contributed by atoms with Crippen LogP contribution in [0.2, 0.25) is 0 Å². The number of hydrazone groups is 1. The molecule has 6 amide bonds. The topological polar surface area (TPSA) is 307 Å². The Morgan fingerprint density at radius 1 is 0.495 bits per heavy atom. The monoisotopic (exact) mass is 1270 g/mol. The van der Waals surface area contributed by atoms with E-state index in [0.29, 0.717) is 31.5 Å². The summed E-state index contributed by atoms with van der Waals surface area (Å²) in [6.07, 6.45) is 35.9. The number of nitrogens with zero attached hydrogens (tertiary/aromatic N) is 3. The van der Waals surface area contributed by atoms with Gasteiger partial charge in [0.2, 0.25) is 31.5 Å². The van der Waals surface area contributed by atoms with Gasteiger partial charge >= 0.3 is 12.1 Å². The first-order valence-electron chi connectivity index (χ1n) is 34.7. The number of ether oxygens (including phenoxy) is 2. The van der Waals surface area contributed by atoms with Gasteiger partial charge in [0.15, 0.2) is 10.8 Å². The first kappa shape index (κ1) is 80.3. The van der Waals surface area contributed by atoms with Gasteiger partial charge in [0.25, 0.3) is 5.96 Å². The minimum Gasteiger partial charge on any atom is -0.461 e. The van der Waals surface area contributed by atoms with Crippen LogP contribution < -0.4 is 43.0 Å². The van der Waals surface area contributed by atoms with Gasteiger partial charge < -0.3 is 57.3 Å². The third kappa shape index (κ3) is 46.0. The molecule has 0 radical (unpaired) electrons. The smallest absolute Gasteiger partial charge is 0.407 e. The molecule has 3 unspecified atom stereocenters. The van der Waals surface area contributed by atoms with Crippen LogP contribution in [0.1, 0.15) is 243 Å². The predicted molar refractivity (Wildman–Crippen MR) is 363 cm³/mol. The molecule has 0 fully saturated rings. The fraction of sp³-hybridized carbons (Fsp3) is 0.706. The Labute approximate surface area is 545 Å². The number of carbonyl (C=O) groups is 7. The zero-order chi connectivity index (χ0) is 66.2. The molecule has 0 aliphatic heterocycles. The van der Waals surface area contributed by atoms with Gasteiger partial charge in [-0.15, -0.1) is 0 Å². The summed E-state index contributed by atoms with van der Waals surface area (Å²) in [5, 5.41) is 31.3. The van der Waals surface area contributed by atoms with Crippen molar-refractivity contribution in [3.05, 3.63) is 81.9 Å². The fourth-order valence-corrected chi connectivity index (χ4v) is 10.7. The lowest BCUT2D eigenvalue weighted by molar-refractivity contribution is -0.485. The Morgan fingerprint density at radius 2 is 0.934 bits per heavy atom. The van der Waals surface area contributed by atoms with Crippen LogP contribution in [0.4, 0.5) is 9.59 Å². The number of alkyl carbamates (subject to hydrolysis) is 1. The maximum absolute atomic E-state index is 14.4. The highest BCUT2D eigenvalue weighted by molar-refractivity contribution is 6.57. The number of carbonyl (C=O) groups excluding carboxylic acids is 7. The average Bonchev–Trinajstić information content (AvgIpc) is 3.09. The van der Waals surface area contributed by atoms with Crippen molar-refractivity contribution in [2.45, 2.75) is 263 Å². The normalized spacial score (nSPS) is 12.3. The third-order valence-corrected chi connectivity index (χ3v) is 16.0. The molecule has 0 heterocycles. The maximum atomic E-state index is 14.4. The van der Waals surface area contributed by atoms with Crippen molar-refractivity contribution >= 4 is 55.3 Å². The minimum absolute atomic E-state index is 0.0406. The Hall–Kier alpha value is -6.78. The van der Waals surface area contributed by atoms with E-state index in [2.05, 4.69) is 61.1 Å². The first-order chi connectivity index (χ1) is 44.2. The summed E-state index contributed by atoms with van der Waals surface area (Å²) >= 11 is 0. The van der Waals surface area contributed by atoms with Crippen molar-refractivity contribution in [3.63, 3.8) is 0 Å². The van der Waals surface area contributed by atoms with Crippen molar-refractivity contribution in [1.29, 1.82) is 0 Å². The SMILES string of the molecule is BC(=O)NC(CCCN/C(N)=N/[N+](=O)[O-])C(=O)NCC(=O)NC(CC(=O)OCc1ccccc1)C(=O)NC(CCCCNC(=O)OCc1ccccc1)C(=O)NCCN(CCCCCCCCCCCCCCCC)CCCCCCCCCCCCCCCC. The highest BCUT2D eigenvalue weighted by Crippen LogP contribution is 2.16. The zero-order valence-corrected chi connectivity index (χ0v) is 55.8. The second-order valence-corrected chi connectivity index (χ2v) is 24.1. The molecule has 3 atom stereocenters. The highest BCUT2D eigenvalue weighted by atomic mass is 16.7. The van der Waals surface area contributed by atoms with Gasteiger partial charge in [-0.25, -0.2) is 14.9 Å². The average molecular weight is 1270 g/mol. The summed E-state index contributed by atoms with van der Waals surface area (Å²) in [6, 6.07) is 14.4. The number of hydrogen-bond donors (Lipinski definition) is 8. The Morgan fingerprint density at radius 3 is 1.42 bits per heavy atom. The van der Waals surface area contributed by atoms with Crippen LogP contribution in [-0.2, 0) is 46.7 Å². The second kappa shape index (κ2) is 54.9. The molecule has 0 saturated carbocycles. The number of nitro groups is 1. The number of hydrogen-bond acceptors (Lipinski definition) is 12. The molecule has 22 nitrogen and oxygen atoms in total. The van der Waals surface area contributed by atoms with Crippen LogP contribution in [0.25, 0.3) is 0 Å².